The van der Waals surface area contributed by atoms with Crippen LogP contribution < -0.4 is 10.1 Å². The van der Waals surface area contributed by atoms with Crippen molar-refractivity contribution in [2.45, 2.75) is 6.42 Å². The van der Waals surface area contributed by atoms with Crippen molar-refractivity contribution in [2.24, 2.45) is 4.99 Å². The third-order valence-electron chi connectivity index (χ3n) is 2.21. The predicted molar refractivity (Wildman–Crippen MR) is 57.7 cm³/mol. The Labute approximate surface area is 88.0 Å². The van der Waals surface area contributed by atoms with Crippen LogP contribution in [0.1, 0.15) is 6.42 Å². The molecule has 0 spiro atoms. The monoisotopic (exact) mass is 204 g/mol. The summed E-state index contributed by atoms with van der Waals surface area (Å²) in [6.45, 7) is 0.560. The van der Waals surface area contributed by atoms with Crippen molar-refractivity contribution in [2.75, 3.05) is 13.7 Å². The van der Waals surface area contributed by atoms with E-state index in [2.05, 4.69) is 10.3 Å². The molecule has 1 saturated heterocycles. The van der Waals surface area contributed by atoms with E-state index in [4.69, 9.17) is 4.74 Å². The maximum absolute atomic E-state index is 10.9. The van der Waals surface area contributed by atoms with Crippen LogP contribution in [0.15, 0.2) is 29.3 Å². The number of aliphatic imine (C=N–C) groups is 1. The molecule has 1 aromatic carbocycles. The molecule has 0 aromatic heterocycles. The smallest absolute Gasteiger partial charge is 0.226 e. The zero-order chi connectivity index (χ0) is 10.7. The van der Waals surface area contributed by atoms with Gasteiger partial charge in [-0.3, -0.25) is 9.79 Å². The molecule has 1 aliphatic heterocycles. The lowest BCUT2D eigenvalue weighted by Crippen LogP contribution is -2.13. The van der Waals surface area contributed by atoms with Gasteiger partial charge >= 0.3 is 0 Å². The van der Waals surface area contributed by atoms with Gasteiger partial charge in [-0.25, -0.2) is 0 Å². The first-order valence-corrected chi connectivity index (χ1v) is 4.75. The maximum atomic E-state index is 10.9. The Morgan fingerprint density at radius 1 is 1.33 bits per heavy atom. The van der Waals surface area contributed by atoms with Crippen LogP contribution in [-0.2, 0) is 4.79 Å². The highest BCUT2D eigenvalue weighted by Crippen LogP contribution is 2.18. The van der Waals surface area contributed by atoms with Crippen molar-refractivity contribution in [1.29, 1.82) is 0 Å². The first-order chi connectivity index (χ1) is 7.28. The Bertz CT molecular complexity index is 396. The van der Waals surface area contributed by atoms with Gasteiger partial charge in [-0.1, -0.05) is 0 Å². The number of amides is 1. The molecule has 1 aliphatic rings. The second-order valence-corrected chi connectivity index (χ2v) is 3.33. The summed E-state index contributed by atoms with van der Waals surface area (Å²) in [4.78, 5) is 15.3. The molecular weight excluding hydrogens is 192 g/mol. The molecular formula is C11H12N2O2. The van der Waals surface area contributed by atoms with Gasteiger partial charge in [0, 0.05) is 5.71 Å². The maximum Gasteiger partial charge on any atom is 0.226 e. The molecule has 0 saturated carbocycles. The lowest BCUT2D eigenvalue weighted by molar-refractivity contribution is -0.118. The second-order valence-electron chi connectivity index (χ2n) is 3.33. The highest BCUT2D eigenvalue weighted by molar-refractivity contribution is 6.09. The molecule has 15 heavy (non-hydrogen) atoms. The van der Waals surface area contributed by atoms with Crippen molar-refractivity contribution in [1.82, 2.24) is 5.32 Å². The molecule has 1 N–H and O–H groups in total. The van der Waals surface area contributed by atoms with E-state index in [1.807, 2.05) is 24.3 Å². The lowest BCUT2D eigenvalue weighted by Gasteiger charge is -1.99. The van der Waals surface area contributed by atoms with Gasteiger partial charge in [0.1, 0.15) is 5.75 Å². The molecule has 0 radical (unpaired) electrons. The fraction of sp³-hybridized carbons (Fsp3) is 0.273. The zero-order valence-corrected chi connectivity index (χ0v) is 8.49. The van der Waals surface area contributed by atoms with E-state index in [1.165, 1.54) is 0 Å². The summed E-state index contributed by atoms with van der Waals surface area (Å²) in [5.41, 5.74) is 1.73. The van der Waals surface area contributed by atoms with E-state index in [0.29, 0.717) is 13.0 Å². The number of benzene rings is 1. The summed E-state index contributed by atoms with van der Waals surface area (Å²) < 4.78 is 5.04. The van der Waals surface area contributed by atoms with Gasteiger partial charge in [0.25, 0.3) is 0 Å². The molecule has 2 rings (SSSR count). The van der Waals surface area contributed by atoms with Crippen LogP contribution in [0.25, 0.3) is 0 Å². The minimum absolute atomic E-state index is 0.0438. The summed E-state index contributed by atoms with van der Waals surface area (Å²) in [6, 6.07) is 7.44. The first-order valence-electron chi connectivity index (χ1n) is 4.75. The summed E-state index contributed by atoms with van der Waals surface area (Å²) in [5, 5.41) is 2.72. The first kappa shape index (κ1) is 9.71. The van der Waals surface area contributed by atoms with E-state index >= 15 is 0 Å². The van der Waals surface area contributed by atoms with Crippen molar-refractivity contribution < 1.29 is 9.53 Å². The quantitative estimate of drug-likeness (QED) is 0.789. The number of methoxy groups -OCH3 is 1. The standard InChI is InChI=1S/C11H12N2O2/c1-15-10-4-2-8(3-5-10)13-9-6-11(14)12-7-9/h2-5H,6-7H2,1H3,(H,12,14). The van der Waals surface area contributed by atoms with Crippen molar-refractivity contribution in [3.63, 3.8) is 0 Å². The molecule has 78 valence electrons. The van der Waals surface area contributed by atoms with E-state index < -0.39 is 0 Å². The number of rotatable bonds is 2. The van der Waals surface area contributed by atoms with Crippen LogP contribution in [0, 0.1) is 0 Å². The minimum atomic E-state index is 0.0438. The molecule has 1 heterocycles. The summed E-state index contributed by atoms with van der Waals surface area (Å²) in [5.74, 6) is 0.849. The fourth-order valence-corrected chi connectivity index (χ4v) is 1.43. The topological polar surface area (TPSA) is 50.7 Å². The Hall–Kier alpha value is -1.84. The van der Waals surface area contributed by atoms with Crippen LogP contribution in [0.3, 0.4) is 0 Å². The SMILES string of the molecule is COc1ccc(N=C2CNC(=O)C2)cc1. The van der Waals surface area contributed by atoms with E-state index in [1.54, 1.807) is 7.11 Å². The Morgan fingerprint density at radius 3 is 2.60 bits per heavy atom. The molecule has 0 aliphatic carbocycles. The van der Waals surface area contributed by atoms with Crippen molar-refractivity contribution in [3.8, 4) is 5.75 Å². The van der Waals surface area contributed by atoms with Gasteiger partial charge in [-0.15, -0.1) is 0 Å². The van der Waals surface area contributed by atoms with Crippen LogP contribution in [0.2, 0.25) is 0 Å². The number of nitrogens with zero attached hydrogens (tertiary/aromatic N) is 1. The van der Waals surface area contributed by atoms with Gasteiger partial charge in [-0.05, 0) is 24.3 Å². The molecule has 0 bridgehead atoms. The van der Waals surface area contributed by atoms with Crippen molar-refractivity contribution >= 4 is 17.3 Å². The molecule has 0 atom stereocenters. The van der Waals surface area contributed by atoms with Gasteiger partial charge in [-0.2, -0.15) is 0 Å². The normalized spacial score (nSPS) is 17.9. The third kappa shape index (κ3) is 2.34. The number of carbonyl (C=O) groups is 1. The molecule has 0 unspecified atom stereocenters. The molecule has 4 heteroatoms. The zero-order valence-electron chi connectivity index (χ0n) is 8.49. The fourth-order valence-electron chi connectivity index (χ4n) is 1.43. The van der Waals surface area contributed by atoms with Gasteiger partial charge in [0.15, 0.2) is 0 Å². The highest BCUT2D eigenvalue weighted by atomic mass is 16.5. The summed E-state index contributed by atoms with van der Waals surface area (Å²) >= 11 is 0. The summed E-state index contributed by atoms with van der Waals surface area (Å²) in [7, 11) is 1.63. The summed E-state index contributed by atoms with van der Waals surface area (Å²) in [6.07, 6.45) is 0.409. The number of ether oxygens (including phenoxy) is 1. The van der Waals surface area contributed by atoms with Crippen LogP contribution in [0.4, 0.5) is 5.69 Å². The molecule has 1 aromatic rings. The van der Waals surface area contributed by atoms with E-state index in [0.717, 1.165) is 17.1 Å². The van der Waals surface area contributed by atoms with E-state index in [9.17, 15) is 4.79 Å². The van der Waals surface area contributed by atoms with Gasteiger partial charge in [0.05, 0.1) is 25.8 Å². The Balaban J connectivity index is 2.13. The number of hydrogen-bond donors (Lipinski definition) is 1. The average Bonchev–Trinajstić information content (AvgIpc) is 2.65. The van der Waals surface area contributed by atoms with Gasteiger partial charge < -0.3 is 10.1 Å². The van der Waals surface area contributed by atoms with Gasteiger partial charge in [0.2, 0.25) is 5.91 Å². The number of carbonyl (C=O) groups excluding carboxylic acids is 1. The van der Waals surface area contributed by atoms with Crippen LogP contribution >= 0.6 is 0 Å². The van der Waals surface area contributed by atoms with Crippen LogP contribution in [-0.4, -0.2) is 25.3 Å². The highest BCUT2D eigenvalue weighted by Gasteiger charge is 2.15. The molecule has 1 fully saturated rings. The second kappa shape index (κ2) is 4.13. The van der Waals surface area contributed by atoms with Crippen molar-refractivity contribution in [3.05, 3.63) is 24.3 Å². The molecule has 4 nitrogen and oxygen atoms in total. The Kier molecular flexibility index (Phi) is 2.67. The largest absolute Gasteiger partial charge is 0.497 e. The number of hydrogen-bond acceptors (Lipinski definition) is 3. The minimum Gasteiger partial charge on any atom is -0.497 e. The number of nitrogens with one attached hydrogen (secondary N) is 1. The van der Waals surface area contributed by atoms with E-state index in [-0.39, 0.29) is 5.91 Å². The Morgan fingerprint density at radius 2 is 2.07 bits per heavy atom. The van der Waals surface area contributed by atoms with Crippen LogP contribution in [0.5, 0.6) is 5.75 Å². The third-order valence-corrected chi connectivity index (χ3v) is 2.21. The lowest BCUT2D eigenvalue weighted by atomic mass is 10.3. The predicted octanol–water partition coefficient (Wildman–Crippen LogP) is 1.29. The average molecular weight is 204 g/mol. The molecule has 1 amide bonds.